The molecule has 3 aromatic rings. The number of carbonyl (C=O) groups is 2. The second-order valence-corrected chi connectivity index (χ2v) is 9.87. The fourth-order valence-corrected chi connectivity index (χ4v) is 5.64. The van der Waals surface area contributed by atoms with E-state index in [0.717, 1.165) is 11.3 Å². The van der Waals surface area contributed by atoms with Crippen LogP contribution in [0.4, 0.5) is 5.69 Å². The molecule has 0 amide bonds. The molecule has 39 heavy (non-hydrogen) atoms. The summed E-state index contributed by atoms with van der Waals surface area (Å²) in [5, 5.41) is 13.5. The molecule has 2 fully saturated rings. The van der Waals surface area contributed by atoms with Gasteiger partial charge in [0.1, 0.15) is 11.8 Å². The minimum absolute atomic E-state index is 0.0735. The number of ether oxygens (including phenoxy) is 2. The average molecular weight is 523 g/mol. The summed E-state index contributed by atoms with van der Waals surface area (Å²) < 4.78 is 9.73. The van der Waals surface area contributed by atoms with E-state index in [4.69, 9.17) is 9.47 Å². The molecular weight excluding hydrogens is 492 g/mol. The average Bonchev–Trinajstić information content (AvgIpc) is 2.95. The van der Waals surface area contributed by atoms with Gasteiger partial charge in [-0.2, -0.15) is 5.26 Å². The number of anilines is 1. The Kier molecular flexibility index (Phi) is 7.09. The van der Waals surface area contributed by atoms with Crippen molar-refractivity contribution in [3.63, 3.8) is 0 Å². The van der Waals surface area contributed by atoms with Crippen molar-refractivity contribution in [2.75, 3.05) is 45.7 Å². The van der Waals surface area contributed by atoms with Crippen molar-refractivity contribution in [3.8, 4) is 6.07 Å². The highest BCUT2D eigenvalue weighted by molar-refractivity contribution is 6.02. The highest BCUT2D eigenvalue weighted by Gasteiger charge is 2.59. The first-order chi connectivity index (χ1) is 19.0. The van der Waals surface area contributed by atoms with E-state index in [-0.39, 0.29) is 16.8 Å². The third kappa shape index (κ3) is 4.62. The maximum Gasteiger partial charge on any atom is 0.356 e. The number of carbonyl (C=O) groups excluding carboxylic acids is 2. The van der Waals surface area contributed by atoms with Gasteiger partial charge in [-0.3, -0.25) is 4.90 Å². The molecule has 2 aliphatic heterocycles. The molecule has 2 saturated heterocycles. The smallest absolute Gasteiger partial charge is 0.356 e. The van der Waals surface area contributed by atoms with Crippen LogP contribution in [-0.2, 0) is 30.1 Å². The molecule has 0 aromatic heterocycles. The fraction of sp³-hybridized carbons (Fsp3) is 0.258. The van der Waals surface area contributed by atoms with Gasteiger partial charge in [-0.05, 0) is 23.3 Å². The molecule has 3 aromatic carbocycles. The monoisotopic (exact) mass is 522 g/mol. The van der Waals surface area contributed by atoms with Gasteiger partial charge in [-0.25, -0.2) is 9.59 Å². The van der Waals surface area contributed by atoms with Crippen LogP contribution in [0.15, 0.2) is 102 Å². The lowest BCUT2D eigenvalue weighted by Crippen LogP contribution is -2.77. The first-order valence-electron chi connectivity index (χ1n) is 12.7. The summed E-state index contributed by atoms with van der Waals surface area (Å²) in [6.07, 6.45) is 0. The number of hydrogen-bond acceptors (Lipinski definition) is 8. The van der Waals surface area contributed by atoms with Crippen molar-refractivity contribution in [2.45, 2.75) is 11.1 Å². The van der Waals surface area contributed by atoms with E-state index >= 15 is 0 Å². The van der Waals surface area contributed by atoms with Gasteiger partial charge < -0.3 is 19.7 Å². The van der Waals surface area contributed by atoms with Crippen LogP contribution in [0, 0.1) is 11.3 Å². The van der Waals surface area contributed by atoms with Crippen LogP contribution in [0.2, 0.25) is 0 Å². The van der Waals surface area contributed by atoms with Crippen molar-refractivity contribution >= 4 is 17.6 Å². The predicted octanol–water partition coefficient (Wildman–Crippen LogP) is 3.64. The SMILES string of the molecule is COC(=O)/C(C#N)=C(\C(=O)OC)N1CC(c2ccccc2)(N2CC(Nc3ccccc3)(c3ccccc3)C2)C1. The van der Waals surface area contributed by atoms with Crippen molar-refractivity contribution in [2.24, 2.45) is 0 Å². The summed E-state index contributed by atoms with van der Waals surface area (Å²) in [6, 6.07) is 32.5. The number of methoxy groups -OCH3 is 2. The Labute approximate surface area is 228 Å². The molecule has 8 heteroatoms. The van der Waals surface area contributed by atoms with Crippen molar-refractivity contribution in [1.29, 1.82) is 5.26 Å². The third-order valence-corrected chi connectivity index (χ3v) is 7.66. The van der Waals surface area contributed by atoms with Crippen molar-refractivity contribution in [1.82, 2.24) is 9.80 Å². The topological polar surface area (TPSA) is 94.9 Å². The molecule has 0 saturated carbocycles. The van der Waals surface area contributed by atoms with E-state index in [1.54, 1.807) is 4.90 Å². The second kappa shape index (κ2) is 10.6. The van der Waals surface area contributed by atoms with Gasteiger partial charge in [-0.15, -0.1) is 0 Å². The molecule has 0 aliphatic carbocycles. The quantitative estimate of drug-likeness (QED) is 0.272. The van der Waals surface area contributed by atoms with Gasteiger partial charge >= 0.3 is 11.9 Å². The van der Waals surface area contributed by atoms with E-state index < -0.39 is 17.5 Å². The largest absolute Gasteiger partial charge is 0.465 e. The van der Waals surface area contributed by atoms with Crippen molar-refractivity contribution in [3.05, 3.63) is 113 Å². The molecule has 5 rings (SSSR count). The summed E-state index contributed by atoms with van der Waals surface area (Å²) in [6.45, 7) is 2.24. The van der Waals surface area contributed by atoms with Gasteiger partial charge in [0.15, 0.2) is 5.57 Å². The van der Waals surface area contributed by atoms with Gasteiger partial charge in [0, 0.05) is 31.9 Å². The number of rotatable bonds is 8. The highest BCUT2D eigenvalue weighted by Crippen LogP contribution is 2.48. The number of likely N-dealkylation sites (tertiary alicyclic amines) is 2. The number of para-hydroxylation sites is 1. The number of nitriles is 1. The predicted molar refractivity (Wildman–Crippen MR) is 146 cm³/mol. The summed E-state index contributed by atoms with van der Waals surface area (Å²) in [4.78, 5) is 29.2. The van der Waals surface area contributed by atoms with E-state index in [2.05, 4.69) is 46.6 Å². The summed E-state index contributed by atoms with van der Waals surface area (Å²) >= 11 is 0. The number of esters is 2. The lowest BCUT2D eigenvalue weighted by atomic mass is 9.72. The number of nitrogens with zero attached hydrogens (tertiary/aromatic N) is 3. The Morgan fingerprint density at radius 1 is 0.769 bits per heavy atom. The Morgan fingerprint density at radius 2 is 1.28 bits per heavy atom. The standard InChI is InChI=1S/C31H30N4O4/c1-38-28(36)26(18-32)27(29(37)39-2)34-21-31(22-34,24-14-8-4-9-15-24)35-19-30(20-35,23-12-6-3-7-13-23)33-25-16-10-5-11-17-25/h3-17,33H,19-22H2,1-2H3/b27-26+. The van der Waals surface area contributed by atoms with Crippen LogP contribution in [0.3, 0.4) is 0 Å². The van der Waals surface area contributed by atoms with Crippen LogP contribution in [0.5, 0.6) is 0 Å². The highest BCUT2D eigenvalue weighted by atomic mass is 16.5. The zero-order valence-electron chi connectivity index (χ0n) is 22.0. The summed E-state index contributed by atoms with van der Waals surface area (Å²) in [5.41, 5.74) is 2.15. The molecule has 0 spiro atoms. The normalized spacial score (nSPS) is 17.9. The van der Waals surface area contributed by atoms with E-state index in [1.165, 1.54) is 19.8 Å². The lowest BCUT2D eigenvalue weighted by molar-refractivity contribution is -0.146. The van der Waals surface area contributed by atoms with Crippen LogP contribution >= 0.6 is 0 Å². The summed E-state index contributed by atoms with van der Waals surface area (Å²) in [5.74, 6) is -1.61. The van der Waals surface area contributed by atoms with E-state index in [0.29, 0.717) is 26.2 Å². The minimum atomic E-state index is -0.866. The fourth-order valence-electron chi connectivity index (χ4n) is 5.64. The zero-order valence-corrected chi connectivity index (χ0v) is 22.0. The Balaban J connectivity index is 1.49. The first-order valence-corrected chi connectivity index (χ1v) is 12.7. The molecule has 0 bridgehead atoms. The molecule has 8 nitrogen and oxygen atoms in total. The van der Waals surface area contributed by atoms with Gasteiger partial charge in [0.05, 0.1) is 25.3 Å². The molecule has 0 radical (unpaired) electrons. The lowest BCUT2D eigenvalue weighted by Gasteiger charge is -2.65. The van der Waals surface area contributed by atoms with Crippen LogP contribution < -0.4 is 5.32 Å². The number of benzene rings is 3. The van der Waals surface area contributed by atoms with Crippen LogP contribution in [0.25, 0.3) is 0 Å². The first kappa shape index (κ1) is 26.0. The third-order valence-electron chi connectivity index (χ3n) is 7.66. The van der Waals surface area contributed by atoms with Gasteiger partial charge in [-0.1, -0.05) is 78.9 Å². The van der Waals surface area contributed by atoms with E-state index in [1.807, 2.05) is 60.7 Å². The maximum atomic E-state index is 12.8. The van der Waals surface area contributed by atoms with Gasteiger partial charge in [0.25, 0.3) is 0 Å². The van der Waals surface area contributed by atoms with Crippen LogP contribution in [0.1, 0.15) is 11.1 Å². The molecular formula is C31H30N4O4. The zero-order chi connectivity index (χ0) is 27.5. The molecule has 0 atom stereocenters. The molecule has 198 valence electrons. The Hall–Kier alpha value is -4.61. The maximum absolute atomic E-state index is 12.8. The number of hydrogen-bond donors (Lipinski definition) is 1. The summed E-state index contributed by atoms with van der Waals surface area (Å²) in [7, 11) is 2.42. The van der Waals surface area contributed by atoms with Crippen LogP contribution in [-0.4, -0.2) is 62.1 Å². The minimum Gasteiger partial charge on any atom is -0.465 e. The second-order valence-electron chi connectivity index (χ2n) is 9.87. The number of nitrogens with one attached hydrogen (secondary N) is 1. The molecule has 0 unspecified atom stereocenters. The van der Waals surface area contributed by atoms with E-state index in [9.17, 15) is 14.9 Å². The Morgan fingerprint density at radius 3 is 1.79 bits per heavy atom. The Bertz CT molecular complexity index is 1410. The molecule has 2 heterocycles. The molecule has 2 aliphatic rings. The molecule has 1 N–H and O–H groups in total. The van der Waals surface area contributed by atoms with Crippen molar-refractivity contribution < 1.29 is 19.1 Å². The van der Waals surface area contributed by atoms with Gasteiger partial charge in [0.2, 0.25) is 0 Å².